The summed E-state index contributed by atoms with van der Waals surface area (Å²) in [6.07, 6.45) is 0.683. The lowest BCUT2D eigenvalue weighted by Gasteiger charge is -1.94. The number of benzene rings is 1. The number of aromatic nitrogens is 1. The first-order valence-electron chi connectivity index (χ1n) is 5.33. The van der Waals surface area contributed by atoms with Crippen molar-refractivity contribution in [2.24, 2.45) is 5.92 Å². The summed E-state index contributed by atoms with van der Waals surface area (Å²) in [6.45, 7) is 0. The highest BCUT2D eigenvalue weighted by atomic mass is 19.1. The Kier molecular flexibility index (Phi) is 2.14. The van der Waals surface area contributed by atoms with Gasteiger partial charge in [-0.25, -0.2) is 9.37 Å². The fourth-order valence-corrected chi connectivity index (χ4v) is 1.96. The molecule has 0 N–H and O–H groups in total. The van der Waals surface area contributed by atoms with Crippen LogP contribution in [0, 0.1) is 11.7 Å². The molecule has 0 unspecified atom stereocenters. The molecule has 2 aromatic rings. The molecule has 0 bridgehead atoms. The van der Waals surface area contributed by atoms with Crippen LogP contribution in [0.4, 0.5) is 4.39 Å². The fourth-order valence-electron chi connectivity index (χ4n) is 1.96. The van der Waals surface area contributed by atoms with Gasteiger partial charge in [-0.05, 0) is 18.6 Å². The average molecular weight is 235 g/mol. The number of halogens is 1. The summed E-state index contributed by atoms with van der Waals surface area (Å²) >= 11 is 0. The molecule has 1 aromatic heterocycles. The Hall–Kier alpha value is -1.91. The quantitative estimate of drug-likeness (QED) is 0.749. The number of fused-ring (bicyclic) bond motifs is 1. The van der Waals surface area contributed by atoms with Gasteiger partial charge < -0.3 is 9.15 Å². The molecule has 1 heterocycles. The second kappa shape index (κ2) is 3.55. The molecule has 4 nitrogen and oxygen atoms in total. The summed E-state index contributed by atoms with van der Waals surface area (Å²) in [6, 6.07) is 4.18. The molecule has 1 aliphatic rings. The zero-order valence-electron chi connectivity index (χ0n) is 9.14. The molecule has 0 amide bonds. The van der Waals surface area contributed by atoms with Crippen LogP contribution in [0.25, 0.3) is 11.1 Å². The van der Waals surface area contributed by atoms with Crippen molar-refractivity contribution in [3.05, 3.63) is 29.9 Å². The van der Waals surface area contributed by atoms with E-state index in [0.29, 0.717) is 23.4 Å². The highest BCUT2D eigenvalue weighted by Crippen LogP contribution is 2.48. The molecule has 17 heavy (non-hydrogen) atoms. The minimum Gasteiger partial charge on any atom is -0.469 e. The maximum Gasteiger partial charge on any atom is 0.309 e. The third-order valence-corrected chi connectivity index (χ3v) is 2.98. The Balaban J connectivity index is 1.90. The van der Waals surface area contributed by atoms with Crippen LogP contribution in [0.15, 0.2) is 22.6 Å². The molecular weight excluding hydrogens is 225 g/mol. The lowest BCUT2D eigenvalue weighted by atomic mass is 10.3. The number of ether oxygens (including phenoxy) is 1. The largest absolute Gasteiger partial charge is 0.469 e. The fraction of sp³-hybridized carbons (Fsp3) is 0.333. The van der Waals surface area contributed by atoms with Gasteiger partial charge >= 0.3 is 5.97 Å². The summed E-state index contributed by atoms with van der Waals surface area (Å²) in [5, 5.41) is 0. The summed E-state index contributed by atoms with van der Waals surface area (Å²) in [7, 11) is 1.36. The summed E-state index contributed by atoms with van der Waals surface area (Å²) in [4.78, 5) is 15.5. The molecule has 88 valence electrons. The number of hydrogen-bond donors (Lipinski definition) is 0. The van der Waals surface area contributed by atoms with Crippen LogP contribution >= 0.6 is 0 Å². The van der Waals surface area contributed by atoms with E-state index in [1.54, 1.807) is 0 Å². The number of methoxy groups -OCH3 is 1. The Labute approximate surface area is 96.4 Å². The van der Waals surface area contributed by atoms with E-state index in [-0.39, 0.29) is 23.6 Å². The maximum atomic E-state index is 13.0. The smallest absolute Gasteiger partial charge is 0.309 e. The van der Waals surface area contributed by atoms with Crippen molar-refractivity contribution in [2.75, 3.05) is 7.11 Å². The zero-order chi connectivity index (χ0) is 12.0. The number of rotatable bonds is 2. The molecule has 0 spiro atoms. The molecule has 5 heteroatoms. The number of esters is 1. The Bertz CT molecular complexity index is 592. The minimum atomic E-state index is -0.349. The zero-order valence-corrected chi connectivity index (χ0v) is 9.14. The molecule has 1 saturated carbocycles. The van der Waals surface area contributed by atoms with Gasteiger partial charge in [-0.15, -0.1) is 0 Å². The summed E-state index contributed by atoms with van der Waals surface area (Å²) in [5.41, 5.74) is 1.02. The highest BCUT2D eigenvalue weighted by Gasteiger charge is 2.48. The number of nitrogens with zero attached hydrogens (tertiary/aromatic N) is 1. The molecule has 0 saturated heterocycles. The molecule has 3 rings (SSSR count). The number of hydrogen-bond acceptors (Lipinski definition) is 4. The predicted octanol–water partition coefficient (Wildman–Crippen LogP) is 2.24. The Morgan fingerprint density at radius 2 is 2.41 bits per heavy atom. The van der Waals surface area contributed by atoms with E-state index in [2.05, 4.69) is 9.72 Å². The summed E-state index contributed by atoms with van der Waals surface area (Å²) in [5.74, 6) is -0.307. The van der Waals surface area contributed by atoms with E-state index >= 15 is 0 Å². The van der Waals surface area contributed by atoms with Gasteiger partial charge in [-0.3, -0.25) is 4.79 Å². The van der Waals surface area contributed by atoms with Crippen LogP contribution < -0.4 is 0 Å². The van der Waals surface area contributed by atoms with Crippen molar-refractivity contribution in [3.8, 4) is 0 Å². The van der Waals surface area contributed by atoms with Gasteiger partial charge in [-0.1, -0.05) is 0 Å². The van der Waals surface area contributed by atoms with E-state index in [1.807, 2.05) is 0 Å². The topological polar surface area (TPSA) is 52.3 Å². The van der Waals surface area contributed by atoms with Gasteiger partial charge in [0, 0.05) is 12.0 Å². The van der Waals surface area contributed by atoms with Crippen molar-refractivity contribution in [1.82, 2.24) is 4.98 Å². The van der Waals surface area contributed by atoms with Crippen molar-refractivity contribution in [2.45, 2.75) is 12.3 Å². The average Bonchev–Trinajstić information content (AvgIpc) is 3.02. The van der Waals surface area contributed by atoms with E-state index in [1.165, 1.54) is 25.3 Å². The lowest BCUT2D eigenvalue weighted by Crippen LogP contribution is -2.03. The highest BCUT2D eigenvalue weighted by molar-refractivity contribution is 5.77. The normalized spacial score (nSPS) is 22.7. The molecule has 1 aliphatic carbocycles. The minimum absolute atomic E-state index is 0.0297. The lowest BCUT2D eigenvalue weighted by molar-refractivity contribution is -0.142. The van der Waals surface area contributed by atoms with Crippen LogP contribution in [0.5, 0.6) is 0 Å². The van der Waals surface area contributed by atoms with Crippen LogP contribution in [-0.4, -0.2) is 18.1 Å². The van der Waals surface area contributed by atoms with Crippen LogP contribution in [0.1, 0.15) is 18.2 Å². The molecular formula is C12H10FNO3. The molecule has 1 aromatic carbocycles. The molecule has 0 radical (unpaired) electrons. The van der Waals surface area contributed by atoms with E-state index in [9.17, 15) is 9.18 Å². The molecule has 0 aliphatic heterocycles. The molecule has 2 atom stereocenters. The van der Waals surface area contributed by atoms with E-state index in [4.69, 9.17) is 4.42 Å². The van der Waals surface area contributed by atoms with Gasteiger partial charge in [0.15, 0.2) is 11.5 Å². The van der Waals surface area contributed by atoms with Gasteiger partial charge in [0.2, 0.25) is 0 Å². The van der Waals surface area contributed by atoms with Crippen molar-refractivity contribution < 1.29 is 18.3 Å². The van der Waals surface area contributed by atoms with Crippen LogP contribution in [0.3, 0.4) is 0 Å². The van der Waals surface area contributed by atoms with Gasteiger partial charge in [0.1, 0.15) is 11.3 Å². The van der Waals surface area contributed by atoms with Crippen LogP contribution in [0.2, 0.25) is 0 Å². The monoisotopic (exact) mass is 235 g/mol. The first-order valence-corrected chi connectivity index (χ1v) is 5.33. The second-order valence-electron chi connectivity index (χ2n) is 4.14. The predicted molar refractivity (Wildman–Crippen MR) is 56.8 cm³/mol. The van der Waals surface area contributed by atoms with Gasteiger partial charge in [0.05, 0.1) is 13.0 Å². The van der Waals surface area contributed by atoms with Crippen molar-refractivity contribution >= 4 is 17.1 Å². The first-order chi connectivity index (χ1) is 8.19. The van der Waals surface area contributed by atoms with Crippen LogP contribution in [-0.2, 0) is 9.53 Å². The maximum absolute atomic E-state index is 13.0. The van der Waals surface area contributed by atoms with Gasteiger partial charge in [-0.2, -0.15) is 0 Å². The summed E-state index contributed by atoms with van der Waals surface area (Å²) < 4.78 is 23.1. The molecule has 1 fully saturated rings. The first kappa shape index (κ1) is 10.3. The van der Waals surface area contributed by atoms with Gasteiger partial charge in [0.25, 0.3) is 0 Å². The second-order valence-corrected chi connectivity index (χ2v) is 4.14. The number of carbonyl (C=O) groups excluding carboxylic acids is 1. The van der Waals surface area contributed by atoms with E-state index < -0.39 is 0 Å². The number of oxazole rings is 1. The van der Waals surface area contributed by atoms with Crippen molar-refractivity contribution in [1.29, 1.82) is 0 Å². The third kappa shape index (κ3) is 1.67. The number of carbonyl (C=O) groups is 1. The van der Waals surface area contributed by atoms with Crippen molar-refractivity contribution in [3.63, 3.8) is 0 Å². The SMILES string of the molecule is COC(=O)[C@H]1C[C@@H]1c1nc2cc(F)ccc2o1. The third-order valence-electron chi connectivity index (χ3n) is 2.98. The Morgan fingerprint density at radius 3 is 3.18 bits per heavy atom. The van der Waals surface area contributed by atoms with E-state index in [0.717, 1.165) is 0 Å². The standard InChI is InChI=1S/C12H10FNO3/c1-16-12(15)8-5-7(8)11-14-9-4-6(13)2-3-10(9)17-11/h2-4,7-8H,5H2,1H3/t7-,8-/m0/s1. The Morgan fingerprint density at radius 1 is 1.59 bits per heavy atom.